The van der Waals surface area contributed by atoms with Gasteiger partial charge in [-0.1, -0.05) is 37.3 Å². The zero-order valence-corrected chi connectivity index (χ0v) is 16.6. The van der Waals surface area contributed by atoms with Gasteiger partial charge in [0.2, 0.25) is 5.91 Å². The highest BCUT2D eigenvalue weighted by atomic mass is 32.2. The smallest absolute Gasteiger partial charge is 0.252 e. The number of sulfonamides is 1. The molecule has 0 bridgehead atoms. The Balaban J connectivity index is 1.72. The molecule has 1 aromatic carbocycles. The average Bonchev–Trinajstić information content (AvgIpc) is 3.32. The van der Waals surface area contributed by atoms with Crippen molar-refractivity contribution in [3.8, 4) is 0 Å². The van der Waals surface area contributed by atoms with Gasteiger partial charge in [-0.05, 0) is 30.5 Å². The Bertz CT molecular complexity index is 841. The van der Waals surface area contributed by atoms with Crippen molar-refractivity contribution in [1.82, 2.24) is 9.21 Å². The molecule has 0 radical (unpaired) electrons. The van der Waals surface area contributed by atoms with E-state index in [1.165, 1.54) is 15.6 Å². The fraction of sp³-hybridized carbons (Fsp3) is 0.421. The van der Waals surface area contributed by atoms with E-state index in [4.69, 9.17) is 0 Å². The van der Waals surface area contributed by atoms with Crippen LogP contribution < -0.4 is 0 Å². The molecule has 0 N–H and O–H groups in total. The maximum atomic E-state index is 13.0. The van der Waals surface area contributed by atoms with Crippen LogP contribution in [0, 0.1) is 0 Å². The summed E-state index contributed by atoms with van der Waals surface area (Å²) in [6, 6.07) is 13.0. The third-order valence-electron chi connectivity index (χ3n) is 4.57. The van der Waals surface area contributed by atoms with Gasteiger partial charge in [0.25, 0.3) is 10.0 Å². The van der Waals surface area contributed by atoms with Crippen molar-refractivity contribution < 1.29 is 13.2 Å². The van der Waals surface area contributed by atoms with Gasteiger partial charge in [0.15, 0.2) is 0 Å². The van der Waals surface area contributed by atoms with Crippen LogP contribution in [0.5, 0.6) is 0 Å². The molecule has 0 spiro atoms. The van der Waals surface area contributed by atoms with Crippen LogP contribution in [0.15, 0.2) is 46.7 Å². The largest absolute Gasteiger partial charge is 0.342 e. The first-order valence-electron chi connectivity index (χ1n) is 8.91. The van der Waals surface area contributed by atoms with Crippen LogP contribution in [0.2, 0.25) is 0 Å². The monoisotopic (exact) mass is 392 g/mol. The quantitative estimate of drug-likeness (QED) is 0.727. The summed E-state index contributed by atoms with van der Waals surface area (Å²) in [5.41, 5.74) is 0.957. The third kappa shape index (κ3) is 4.34. The molecule has 1 saturated heterocycles. The summed E-state index contributed by atoms with van der Waals surface area (Å²) in [5, 5.41) is 0. The van der Waals surface area contributed by atoms with E-state index < -0.39 is 10.0 Å². The lowest BCUT2D eigenvalue weighted by atomic mass is 10.2. The zero-order valence-electron chi connectivity index (χ0n) is 14.9. The van der Waals surface area contributed by atoms with E-state index in [2.05, 4.69) is 0 Å². The number of rotatable bonds is 7. The first-order valence-corrected chi connectivity index (χ1v) is 11.2. The van der Waals surface area contributed by atoms with Gasteiger partial charge in [0.1, 0.15) is 4.21 Å². The summed E-state index contributed by atoms with van der Waals surface area (Å²) in [6.07, 6.45) is 2.40. The van der Waals surface area contributed by atoms with Crippen LogP contribution >= 0.6 is 11.3 Å². The van der Waals surface area contributed by atoms with E-state index in [1.807, 2.05) is 42.2 Å². The van der Waals surface area contributed by atoms with Gasteiger partial charge in [-0.2, -0.15) is 4.31 Å². The SMILES string of the molecule is CCN(Cc1ccccc1)S(=O)(=O)c1ccc(CC(=O)N2CCCC2)s1. The lowest BCUT2D eigenvalue weighted by Gasteiger charge is -2.19. The highest BCUT2D eigenvalue weighted by Crippen LogP contribution is 2.27. The molecular weight excluding hydrogens is 368 g/mol. The number of carbonyl (C=O) groups is 1. The predicted octanol–water partition coefficient (Wildman–Crippen LogP) is 3.12. The summed E-state index contributed by atoms with van der Waals surface area (Å²) in [6.45, 7) is 4.22. The van der Waals surface area contributed by atoms with Crippen molar-refractivity contribution in [3.05, 3.63) is 52.9 Å². The summed E-state index contributed by atoms with van der Waals surface area (Å²) < 4.78 is 27.7. The maximum Gasteiger partial charge on any atom is 0.252 e. The molecule has 2 aromatic rings. The van der Waals surface area contributed by atoms with E-state index in [9.17, 15) is 13.2 Å². The van der Waals surface area contributed by atoms with Gasteiger partial charge in [0, 0.05) is 31.1 Å². The molecule has 1 aromatic heterocycles. The van der Waals surface area contributed by atoms with Crippen LogP contribution in [0.25, 0.3) is 0 Å². The van der Waals surface area contributed by atoms with Crippen molar-refractivity contribution in [2.24, 2.45) is 0 Å². The highest BCUT2D eigenvalue weighted by Gasteiger charge is 2.26. The van der Waals surface area contributed by atoms with Crippen LogP contribution in [0.3, 0.4) is 0 Å². The van der Waals surface area contributed by atoms with E-state index in [0.717, 1.165) is 36.4 Å². The number of thiophene rings is 1. The molecule has 1 amide bonds. The van der Waals surface area contributed by atoms with Crippen molar-refractivity contribution in [1.29, 1.82) is 0 Å². The zero-order chi connectivity index (χ0) is 18.6. The lowest BCUT2D eigenvalue weighted by molar-refractivity contribution is -0.129. The number of hydrogen-bond acceptors (Lipinski definition) is 4. The van der Waals surface area contributed by atoms with E-state index >= 15 is 0 Å². The minimum Gasteiger partial charge on any atom is -0.342 e. The molecule has 1 aliphatic rings. The number of hydrogen-bond donors (Lipinski definition) is 0. The molecule has 0 atom stereocenters. The Labute approximate surface area is 159 Å². The lowest BCUT2D eigenvalue weighted by Crippen LogP contribution is -2.30. The number of benzene rings is 1. The number of amides is 1. The number of carbonyl (C=O) groups excluding carboxylic acids is 1. The van der Waals surface area contributed by atoms with Gasteiger partial charge in [-0.15, -0.1) is 11.3 Å². The van der Waals surface area contributed by atoms with Crippen LogP contribution in [0.4, 0.5) is 0 Å². The van der Waals surface area contributed by atoms with Gasteiger partial charge in [-0.3, -0.25) is 4.79 Å². The average molecular weight is 393 g/mol. The Hall–Kier alpha value is -1.70. The van der Waals surface area contributed by atoms with Gasteiger partial charge in [-0.25, -0.2) is 8.42 Å². The Morgan fingerprint density at radius 2 is 1.81 bits per heavy atom. The molecule has 7 heteroatoms. The van der Waals surface area contributed by atoms with Gasteiger partial charge >= 0.3 is 0 Å². The minimum absolute atomic E-state index is 0.0879. The molecule has 0 aliphatic carbocycles. The van der Waals surface area contributed by atoms with Crippen LogP contribution in [-0.2, 0) is 27.8 Å². The molecular formula is C19H24N2O3S2. The van der Waals surface area contributed by atoms with Crippen molar-refractivity contribution in [3.63, 3.8) is 0 Å². The summed E-state index contributed by atoms with van der Waals surface area (Å²) in [5.74, 6) is 0.0879. The second-order valence-electron chi connectivity index (χ2n) is 6.40. The molecule has 140 valence electrons. The summed E-state index contributed by atoms with van der Waals surface area (Å²) in [7, 11) is -3.56. The molecule has 3 rings (SSSR count). The second kappa shape index (κ2) is 8.33. The molecule has 1 aliphatic heterocycles. The van der Waals surface area contributed by atoms with Gasteiger partial charge in [0.05, 0.1) is 6.42 Å². The second-order valence-corrected chi connectivity index (χ2v) is 9.74. The normalized spacial score (nSPS) is 14.9. The third-order valence-corrected chi connectivity index (χ3v) is 8.04. The number of nitrogens with zero attached hydrogens (tertiary/aromatic N) is 2. The number of likely N-dealkylation sites (tertiary alicyclic amines) is 1. The van der Waals surface area contributed by atoms with E-state index in [0.29, 0.717) is 17.3 Å². The fourth-order valence-corrected chi connectivity index (χ4v) is 6.04. The summed E-state index contributed by atoms with van der Waals surface area (Å²) >= 11 is 1.20. The van der Waals surface area contributed by atoms with E-state index in [1.54, 1.807) is 12.1 Å². The first kappa shape index (κ1) is 19.1. The van der Waals surface area contributed by atoms with E-state index in [-0.39, 0.29) is 12.3 Å². The molecule has 5 nitrogen and oxygen atoms in total. The molecule has 0 unspecified atom stereocenters. The summed E-state index contributed by atoms with van der Waals surface area (Å²) in [4.78, 5) is 14.9. The van der Waals surface area contributed by atoms with Crippen molar-refractivity contribution in [2.75, 3.05) is 19.6 Å². The van der Waals surface area contributed by atoms with Crippen molar-refractivity contribution in [2.45, 2.75) is 36.9 Å². The standard InChI is InChI=1S/C19H24N2O3S2/c1-2-21(15-16-8-4-3-5-9-16)26(23,24)19-11-10-17(25-19)14-18(22)20-12-6-7-13-20/h3-5,8-11H,2,6-7,12-15H2,1H3. The molecule has 2 heterocycles. The maximum absolute atomic E-state index is 13.0. The Morgan fingerprint density at radius 3 is 2.46 bits per heavy atom. The van der Waals surface area contributed by atoms with Crippen molar-refractivity contribution >= 4 is 27.3 Å². The van der Waals surface area contributed by atoms with Crippen LogP contribution in [-0.4, -0.2) is 43.2 Å². The predicted molar refractivity (Wildman–Crippen MR) is 104 cm³/mol. The Morgan fingerprint density at radius 1 is 1.12 bits per heavy atom. The first-order chi connectivity index (χ1) is 12.5. The highest BCUT2D eigenvalue weighted by molar-refractivity contribution is 7.91. The van der Waals surface area contributed by atoms with Crippen LogP contribution in [0.1, 0.15) is 30.2 Å². The fourth-order valence-electron chi connectivity index (χ4n) is 3.10. The minimum atomic E-state index is -3.56. The molecule has 1 fully saturated rings. The topological polar surface area (TPSA) is 57.7 Å². The molecule has 0 saturated carbocycles. The van der Waals surface area contributed by atoms with Gasteiger partial charge < -0.3 is 4.90 Å². The Kier molecular flexibility index (Phi) is 6.11. The molecule has 26 heavy (non-hydrogen) atoms.